The highest BCUT2D eigenvalue weighted by molar-refractivity contribution is 5.75. The van der Waals surface area contributed by atoms with Gasteiger partial charge in [0.05, 0.1) is 5.70 Å². The highest BCUT2D eigenvalue weighted by atomic mass is 15.4. The van der Waals surface area contributed by atoms with Crippen molar-refractivity contribution in [3.8, 4) is 0 Å². The maximum absolute atomic E-state index is 6.00. The number of piperidine rings is 1. The summed E-state index contributed by atoms with van der Waals surface area (Å²) in [6.45, 7) is 5.89. The number of anilines is 1. The Morgan fingerprint density at radius 2 is 2.38 bits per heavy atom. The molecular formula is C17H23N7. The lowest BCUT2D eigenvalue weighted by molar-refractivity contribution is 0.479. The van der Waals surface area contributed by atoms with Gasteiger partial charge in [0.25, 0.3) is 0 Å². The molecule has 0 radical (unpaired) electrons. The summed E-state index contributed by atoms with van der Waals surface area (Å²) in [4.78, 5) is 8.98. The molecule has 0 aliphatic carbocycles. The fourth-order valence-electron chi connectivity index (χ4n) is 2.81. The Hall–Kier alpha value is -2.64. The van der Waals surface area contributed by atoms with Gasteiger partial charge < -0.3 is 16.4 Å². The lowest BCUT2D eigenvalue weighted by Gasteiger charge is -2.24. The first-order valence-electron chi connectivity index (χ1n) is 8.04. The van der Waals surface area contributed by atoms with Gasteiger partial charge in [-0.1, -0.05) is 12.7 Å². The van der Waals surface area contributed by atoms with Crippen LogP contribution in [0.5, 0.6) is 0 Å². The van der Waals surface area contributed by atoms with E-state index < -0.39 is 0 Å². The van der Waals surface area contributed by atoms with Gasteiger partial charge in [0.2, 0.25) is 0 Å². The van der Waals surface area contributed by atoms with Crippen LogP contribution in [0.3, 0.4) is 0 Å². The number of rotatable bonds is 4. The Labute approximate surface area is 141 Å². The molecule has 0 aromatic carbocycles. The summed E-state index contributed by atoms with van der Waals surface area (Å²) in [6.07, 6.45) is 10.9. The molecule has 0 bridgehead atoms. The van der Waals surface area contributed by atoms with Crippen molar-refractivity contribution < 1.29 is 0 Å². The number of nitrogens with zero attached hydrogens (tertiary/aromatic N) is 3. The molecule has 3 heterocycles. The van der Waals surface area contributed by atoms with Crippen LogP contribution in [0.1, 0.15) is 18.7 Å². The number of hydrogen-bond acceptors (Lipinski definition) is 7. The molecule has 1 saturated heterocycles. The topological polar surface area (TPSA) is 105 Å². The maximum Gasteiger partial charge on any atom is 0.163 e. The third-order valence-corrected chi connectivity index (χ3v) is 4.03. The standard InChI is InChI=1S/C17H23N7/c1-2-14(15-10-12(18)6-9-24(15)19)17-21-8-5-16(23-17)22-13-4-3-7-20-11-13/h2,5-6,8-10,13,20H,1,3-4,7,11,18-19H2,(H,21,22,23)/b15-14+/t13-/m1/s1. The summed E-state index contributed by atoms with van der Waals surface area (Å²) in [6, 6.07) is 2.25. The van der Waals surface area contributed by atoms with E-state index in [1.54, 1.807) is 30.6 Å². The van der Waals surface area contributed by atoms with E-state index in [9.17, 15) is 0 Å². The van der Waals surface area contributed by atoms with Crippen LogP contribution in [0, 0.1) is 0 Å². The minimum Gasteiger partial charge on any atom is -0.399 e. The number of hydrazine groups is 1. The monoisotopic (exact) mass is 325 g/mol. The van der Waals surface area contributed by atoms with Gasteiger partial charge in [0.15, 0.2) is 5.82 Å². The number of hydrogen-bond donors (Lipinski definition) is 4. The molecule has 0 spiro atoms. The molecular weight excluding hydrogens is 302 g/mol. The number of allylic oxidation sites excluding steroid dienone is 4. The van der Waals surface area contributed by atoms with Crippen LogP contribution < -0.4 is 22.2 Å². The fourth-order valence-corrected chi connectivity index (χ4v) is 2.81. The van der Waals surface area contributed by atoms with Gasteiger partial charge in [-0.3, -0.25) is 5.01 Å². The van der Waals surface area contributed by atoms with Gasteiger partial charge in [-0.15, -0.1) is 0 Å². The Balaban J connectivity index is 1.88. The highest BCUT2D eigenvalue weighted by Gasteiger charge is 2.16. The maximum atomic E-state index is 6.00. The first kappa shape index (κ1) is 16.2. The molecule has 1 aromatic rings. The van der Waals surface area contributed by atoms with Crippen molar-refractivity contribution >= 4 is 11.4 Å². The fraction of sp³-hybridized carbons (Fsp3) is 0.294. The average Bonchev–Trinajstić information content (AvgIpc) is 2.60. The molecule has 24 heavy (non-hydrogen) atoms. The minimum absolute atomic E-state index is 0.375. The van der Waals surface area contributed by atoms with E-state index in [-0.39, 0.29) is 0 Å². The summed E-state index contributed by atoms with van der Waals surface area (Å²) in [7, 11) is 0. The SMILES string of the molecule is C=C/C(=C1/C=C(N)C=CN1N)c1nccc(N[C@@H]2CCCNC2)n1. The van der Waals surface area contributed by atoms with Crippen molar-refractivity contribution in [1.82, 2.24) is 20.3 Å². The van der Waals surface area contributed by atoms with Crippen molar-refractivity contribution in [3.05, 3.63) is 60.5 Å². The van der Waals surface area contributed by atoms with Crippen LogP contribution in [0.4, 0.5) is 5.82 Å². The van der Waals surface area contributed by atoms with E-state index >= 15 is 0 Å². The normalized spacial score (nSPS) is 22.8. The summed E-state index contributed by atoms with van der Waals surface area (Å²) in [5.41, 5.74) is 7.94. The highest BCUT2D eigenvalue weighted by Crippen LogP contribution is 2.23. The summed E-state index contributed by atoms with van der Waals surface area (Å²) >= 11 is 0. The summed E-state index contributed by atoms with van der Waals surface area (Å²) in [5, 5.41) is 8.32. The molecule has 6 N–H and O–H groups in total. The Bertz CT molecular complexity index is 699. The molecule has 2 aliphatic heterocycles. The van der Waals surface area contributed by atoms with E-state index in [0.29, 0.717) is 23.3 Å². The van der Waals surface area contributed by atoms with Crippen molar-refractivity contribution in [3.63, 3.8) is 0 Å². The number of aromatic nitrogens is 2. The van der Waals surface area contributed by atoms with Crippen LogP contribution in [0.15, 0.2) is 54.7 Å². The Morgan fingerprint density at radius 1 is 1.50 bits per heavy atom. The molecule has 1 fully saturated rings. The first-order valence-corrected chi connectivity index (χ1v) is 8.04. The lowest BCUT2D eigenvalue weighted by Crippen LogP contribution is -2.38. The van der Waals surface area contributed by atoms with Crippen LogP contribution in [-0.4, -0.2) is 34.1 Å². The zero-order chi connectivity index (χ0) is 16.9. The Kier molecular flexibility index (Phi) is 4.93. The largest absolute Gasteiger partial charge is 0.399 e. The van der Waals surface area contributed by atoms with Crippen LogP contribution in [0.25, 0.3) is 5.57 Å². The summed E-state index contributed by atoms with van der Waals surface area (Å²) in [5.74, 6) is 7.35. The average molecular weight is 325 g/mol. The predicted molar refractivity (Wildman–Crippen MR) is 96.1 cm³/mol. The van der Waals surface area contributed by atoms with Gasteiger partial charge in [-0.25, -0.2) is 15.8 Å². The van der Waals surface area contributed by atoms with Gasteiger partial charge in [-0.2, -0.15) is 0 Å². The zero-order valence-electron chi connectivity index (χ0n) is 13.6. The lowest BCUT2D eigenvalue weighted by atomic mass is 10.1. The molecule has 126 valence electrons. The molecule has 0 amide bonds. The van der Waals surface area contributed by atoms with Gasteiger partial charge in [0.1, 0.15) is 5.82 Å². The smallest absolute Gasteiger partial charge is 0.163 e. The second-order valence-electron chi connectivity index (χ2n) is 5.82. The zero-order valence-corrected chi connectivity index (χ0v) is 13.6. The number of nitrogens with one attached hydrogen (secondary N) is 2. The van der Waals surface area contributed by atoms with Crippen molar-refractivity contribution in [2.75, 3.05) is 18.4 Å². The first-order chi connectivity index (χ1) is 11.7. The third kappa shape index (κ3) is 3.64. The van der Waals surface area contributed by atoms with Crippen molar-refractivity contribution in [2.45, 2.75) is 18.9 Å². The number of nitrogens with two attached hydrogens (primary N) is 2. The van der Waals surface area contributed by atoms with Gasteiger partial charge in [-0.05, 0) is 37.6 Å². The van der Waals surface area contributed by atoms with Crippen molar-refractivity contribution in [2.24, 2.45) is 11.6 Å². The second kappa shape index (κ2) is 7.29. The molecule has 1 atom stereocenters. The molecule has 0 saturated carbocycles. The van der Waals surface area contributed by atoms with Gasteiger partial charge >= 0.3 is 0 Å². The quantitative estimate of drug-likeness (QED) is 0.614. The molecule has 3 rings (SSSR count). The van der Waals surface area contributed by atoms with Crippen LogP contribution >= 0.6 is 0 Å². The second-order valence-corrected chi connectivity index (χ2v) is 5.82. The predicted octanol–water partition coefficient (Wildman–Crippen LogP) is 1.08. The van der Waals surface area contributed by atoms with E-state index in [1.807, 2.05) is 6.07 Å². The Morgan fingerprint density at radius 3 is 3.12 bits per heavy atom. The summed E-state index contributed by atoms with van der Waals surface area (Å²) < 4.78 is 0. The molecule has 2 aliphatic rings. The minimum atomic E-state index is 0.375. The van der Waals surface area contributed by atoms with Crippen LogP contribution in [0.2, 0.25) is 0 Å². The van der Waals surface area contributed by atoms with E-state index in [2.05, 4.69) is 27.2 Å². The third-order valence-electron chi connectivity index (χ3n) is 4.03. The molecule has 0 unspecified atom stereocenters. The molecule has 7 nitrogen and oxygen atoms in total. The van der Waals surface area contributed by atoms with E-state index in [0.717, 1.165) is 37.3 Å². The molecule has 1 aromatic heterocycles. The van der Waals surface area contributed by atoms with E-state index in [4.69, 9.17) is 11.6 Å². The van der Waals surface area contributed by atoms with E-state index in [1.165, 1.54) is 5.01 Å². The van der Waals surface area contributed by atoms with Crippen LogP contribution in [-0.2, 0) is 0 Å². The van der Waals surface area contributed by atoms with Crippen molar-refractivity contribution in [1.29, 1.82) is 0 Å². The molecule has 7 heteroatoms. The van der Waals surface area contributed by atoms with Gasteiger partial charge in [0, 0.05) is 36.3 Å².